The first-order chi connectivity index (χ1) is 41.7. The predicted molar refractivity (Wildman–Crippen MR) is 347 cm³/mol. The molecule has 0 atom stereocenters. The molecular formula is C75H51N3O3Si3. The molecule has 3 aliphatic heterocycles. The Hall–Kier alpha value is -10.3. The van der Waals surface area contributed by atoms with Crippen LogP contribution in [-0.4, -0.2) is 39.2 Å². The highest BCUT2D eigenvalue weighted by Gasteiger charge is 2.52. The first kappa shape index (κ1) is 49.5. The lowest BCUT2D eigenvalue weighted by molar-refractivity contribution is 0.488. The summed E-state index contributed by atoms with van der Waals surface area (Å²) in [6.07, 6.45) is 0. The van der Waals surface area contributed by atoms with Gasteiger partial charge in [0.1, 0.15) is 34.5 Å². The molecule has 0 bridgehead atoms. The summed E-state index contributed by atoms with van der Waals surface area (Å²) in [5.41, 5.74) is 2.24. The lowest BCUT2D eigenvalue weighted by atomic mass is 10.1. The minimum Gasteiger partial charge on any atom is -0.457 e. The standard InChI is InChI=1S/C75H51N3O3Si3/c1-7-28-52(29-8-1)82(53-30-9-2-10-31-53)64-46-22-19-43-61(64)79-70-58(40-25-49-67(70)82)73-76-74(59-41-26-50-68-71(59)80-62-44-20-23-47-65(62)83(68,54-32-11-3-12-33-54)55-34-13-4-14-35-55)78-75(77-73)60-42-27-51-69-72(60)81-63-45-21-24-48-66(63)84(69,56-36-15-5-16-37-56)57-38-17-6-18-39-57/h1-51H. The van der Waals surface area contributed by atoms with Crippen molar-refractivity contribution in [3.8, 4) is 68.7 Å². The van der Waals surface area contributed by atoms with E-state index in [0.29, 0.717) is 17.5 Å². The summed E-state index contributed by atoms with van der Waals surface area (Å²) in [5, 5.41) is 14.4. The van der Waals surface area contributed by atoms with Crippen molar-refractivity contribution >= 4 is 86.5 Å². The van der Waals surface area contributed by atoms with Crippen LogP contribution in [0.3, 0.4) is 0 Å². The molecule has 0 saturated heterocycles. The van der Waals surface area contributed by atoms with Gasteiger partial charge in [-0.05, 0) is 98.6 Å². The number of para-hydroxylation sites is 6. The van der Waals surface area contributed by atoms with Gasteiger partial charge in [-0.1, -0.05) is 273 Å². The van der Waals surface area contributed by atoms with Crippen LogP contribution < -0.4 is 76.5 Å². The van der Waals surface area contributed by atoms with Gasteiger partial charge >= 0.3 is 0 Å². The van der Waals surface area contributed by atoms with Crippen molar-refractivity contribution in [3.05, 3.63) is 309 Å². The molecule has 0 N–H and O–H groups in total. The predicted octanol–water partition coefficient (Wildman–Crippen LogP) is 9.32. The Kier molecular flexibility index (Phi) is 11.8. The van der Waals surface area contributed by atoms with Crippen LogP contribution in [0.5, 0.6) is 34.5 Å². The van der Waals surface area contributed by atoms with Gasteiger partial charge in [0.25, 0.3) is 0 Å². The molecule has 4 heterocycles. The Morgan fingerprint density at radius 3 is 0.631 bits per heavy atom. The van der Waals surface area contributed by atoms with Crippen LogP contribution in [-0.2, 0) is 0 Å². The fraction of sp³-hybridized carbons (Fsp3) is 0. The quantitative estimate of drug-likeness (QED) is 0.134. The number of ether oxygens (including phenoxy) is 3. The molecule has 396 valence electrons. The zero-order valence-corrected chi connectivity index (χ0v) is 48.5. The first-order valence-corrected chi connectivity index (χ1v) is 34.5. The van der Waals surface area contributed by atoms with E-state index >= 15 is 0 Å². The Labute approximate surface area is 490 Å². The lowest BCUT2D eigenvalue weighted by Gasteiger charge is -2.40. The van der Waals surface area contributed by atoms with Gasteiger partial charge in [0.15, 0.2) is 41.7 Å². The molecule has 3 aliphatic rings. The van der Waals surface area contributed by atoms with E-state index in [4.69, 9.17) is 29.2 Å². The monoisotopic (exact) mass is 1130 g/mol. The maximum atomic E-state index is 7.36. The molecule has 0 spiro atoms. The van der Waals surface area contributed by atoms with Crippen molar-refractivity contribution in [2.45, 2.75) is 0 Å². The number of hydrogen-bond donors (Lipinski definition) is 0. The Morgan fingerprint density at radius 1 is 0.190 bits per heavy atom. The van der Waals surface area contributed by atoms with Crippen LogP contribution in [0.4, 0.5) is 0 Å². The molecule has 0 unspecified atom stereocenters. The second-order valence-corrected chi connectivity index (χ2v) is 32.8. The number of nitrogens with zero attached hydrogens (tertiary/aromatic N) is 3. The van der Waals surface area contributed by atoms with Gasteiger partial charge in [0.2, 0.25) is 0 Å². The number of fused-ring (bicyclic) bond motifs is 6. The van der Waals surface area contributed by atoms with E-state index in [0.717, 1.165) is 66.7 Å². The van der Waals surface area contributed by atoms with Gasteiger partial charge in [0.05, 0.1) is 16.7 Å². The van der Waals surface area contributed by atoms with Crippen LogP contribution in [0.25, 0.3) is 34.2 Å². The minimum absolute atomic E-state index is 0.460. The third-order valence-electron chi connectivity index (χ3n) is 17.4. The van der Waals surface area contributed by atoms with Gasteiger partial charge in [0, 0.05) is 0 Å². The molecule has 1 aromatic heterocycles. The Balaban J connectivity index is 1.00. The molecule has 0 fully saturated rings. The van der Waals surface area contributed by atoms with Crippen molar-refractivity contribution in [1.82, 2.24) is 15.0 Å². The normalized spacial score (nSPS) is 14.3. The molecule has 0 saturated carbocycles. The van der Waals surface area contributed by atoms with Gasteiger partial charge in [-0.15, -0.1) is 0 Å². The van der Waals surface area contributed by atoms with E-state index < -0.39 is 24.2 Å². The summed E-state index contributed by atoms with van der Waals surface area (Å²) in [6.45, 7) is 0. The van der Waals surface area contributed by atoms with E-state index in [1.165, 1.54) is 46.7 Å². The van der Waals surface area contributed by atoms with E-state index in [-0.39, 0.29) is 0 Å². The second kappa shape index (κ2) is 20.0. The van der Waals surface area contributed by atoms with Gasteiger partial charge in [-0.25, -0.2) is 15.0 Å². The third kappa shape index (κ3) is 7.36. The van der Waals surface area contributed by atoms with E-state index in [2.05, 4.69) is 309 Å². The van der Waals surface area contributed by atoms with Crippen LogP contribution >= 0.6 is 0 Å². The fourth-order valence-corrected chi connectivity index (χ4v) is 28.9. The molecule has 0 amide bonds. The maximum absolute atomic E-state index is 7.36. The van der Waals surface area contributed by atoms with Crippen molar-refractivity contribution in [2.75, 3.05) is 0 Å². The molecule has 0 radical (unpaired) electrons. The molecule has 0 aliphatic carbocycles. The summed E-state index contributed by atoms with van der Waals surface area (Å²) < 4.78 is 22.1. The SMILES string of the molecule is c1ccc([Si]2(c3ccccc3)c3ccccc3Oc3c(-c4nc(-c5cccc6c5Oc5ccccc5[Si]6(c5ccccc5)c5ccccc5)nc(-c5cccc6c5Oc5ccccc5[Si]6(c5ccccc5)c5ccccc5)n4)cccc32)cc1. The van der Waals surface area contributed by atoms with Crippen molar-refractivity contribution in [3.63, 3.8) is 0 Å². The summed E-state index contributed by atoms with van der Waals surface area (Å²) in [6, 6.07) is 111. The number of rotatable bonds is 9. The van der Waals surface area contributed by atoms with Crippen molar-refractivity contribution in [2.24, 2.45) is 0 Å². The number of hydrogen-bond acceptors (Lipinski definition) is 6. The molecule has 6 nitrogen and oxygen atoms in total. The highest BCUT2D eigenvalue weighted by molar-refractivity contribution is 7.22. The van der Waals surface area contributed by atoms with Crippen LogP contribution in [0.15, 0.2) is 309 Å². The van der Waals surface area contributed by atoms with Gasteiger partial charge in [-0.3, -0.25) is 0 Å². The fourth-order valence-electron chi connectivity index (χ4n) is 13.9. The lowest BCUT2D eigenvalue weighted by Crippen LogP contribution is -2.76. The average molecular weight is 1130 g/mol. The Bertz CT molecular complexity index is 4050. The molecule has 84 heavy (non-hydrogen) atoms. The molecular weight excluding hydrogens is 1080 g/mol. The molecule has 13 aromatic rings. The van der Waals surface area contributed by atoms with E-state index in [9.17, 15) is 0 Å². The van der Waals surface area contributed by atoms with Crippen molar-refractivity contribution in [1.29, 1.82) is 0 Å². The summed E-state index contributed by atoms with van der Waals surface area (Å²) in [5.74, 6) is 5.98. The van der Waals surface area contributed by atoms with E-state index in [1.807, 2.05) is 0 Å². The molecule has 16 rings (SSSR count). The van der Waals surface area contributed by atoms with Gasteiger partial charge < -0.3 is 14.2 Å². The topological polar surface area (TPSA) is 66.4 Å². The highest BCUT2D eigenvalue weighted by atomic mass is 28.3. The van der Waals surface area contributed by atoms with E-state index in [1.54, 1.807) is 0 Å². The van der Waals surface area contributed by atoms with Crippen LogP contribution in [0.1, 0.15) is 0 Å². The molecule has 9 heteroatoms. The number of benzene rings is 12. The first-order valence-electron chi connectivity index (χ1n) is 28.5. The second-order valence-electron chi connectivity index (χ2n) is 21.6. The zero-order chi connectivity index (χ0) is 55.7. The summed E-state index contributed by atoms with van der Waals surface area (Å²) in [7, 11) is -9.27. The highest BCUT2D eigenvalue weighted by Crippen LogP contribution is 2.42. The summed E-state index contributed by atoms with van der Waals surface area (Å²) >= 11 is 0. The molecule has 12 aromatic carbocycles. The third-order valence-corrected chi connectivity index (χ3v) is 31.8. The zero-order valence-electron chi connectivity index (χ0n) is 45.5. The Morgan fingerprint density at radius 2 is 0.393 bits per heavy atom. The van der Waals surface area contributed by atoms with Crippen LogP contribution in [0, 0.1) is 0 Å². The average Bonchev–Trinajstić information content (AvgIpc) is 1.06. The largest absolute Gasteiger partial charge is 0.457 e. The maximum Gasteiger partial charge on any atom is 0.188 e. The van der Waals surface area contributed by atoms with Gasteiger partial charge in [-0.2, -0.15) is 0 Å². The minimum atomic E-state index is -3.09. The smallest absolute Gasteiger partial charge is 0.188 e. The van der Waals surface area contributed by atoms with Crippen molar-refractivity contribution < 1.29 is 14.2 Å². The summed E-state index contributed by atoms with van der Waals surface area (Å²) in [4.78, 5) is 17.1. The van der Waals surface area contributed by atoms with Crippen LogP contribution in [0.2, 0.25) is 0 Å². The number of aromatic nitrogens is 3.